The number of rotatable bonds is 4. The Balaban J connectivity index is 1.98. The largest absolute Gasteiger partial charge is 0.378 e. The van der Waals surface area contributed by atoms with Crippen LogP contribution in [0.15, 0.2) is 12.3 Å². The molecule has 0 saturated heterocycles. The number of ether oxygens (including phenoxy) is 1. The van der Waals surface area contributed by atoms with Crippen molar-refractivity contribution in [3.63, 3.8) is 0 Å². The van der Waals surface area contributed by atoms with Gasteiger partial charge in [-0.15, -0.1) is 5.10 Å². The monoisotopic (exact) mass is 235 g/mol. The third-order valence-electron chi connectivity index (χ3n) is 3.66. The summed E-state index contributed by atoms with van der Waals surface area (Å²) in [6, 6.07) is 2.44. The van der Waals surface area contributed by atoms with Crippen LogP contribution in [0.2, 0.25) is 0 Å². The Morgan fingerprint density at radius 1 is 1.53 bits per heavy atom. The second-order valence-corrected chi connectivity index (χ2v) is 5.32. The van der Waals surface area contributed by atoms with Gasteiger partial charge in [-0.2, -0.15) is 5.10 Å². The molecule has 1 aromatic rings. The molecule has 0 radical (unpaired) electrons. The fourth-order valence-electron chi connectivity index (χ4n) is 2.33. The first-order valence-electron chi connectivity index (χ1n) is 6.21. The van der Waals surface area contributed by atoms with Gasteiger partial charge in [0.05, 0.1) is 12.3 Å². The molecule has 0 amide bonds. The van der Waals surface area contributed by atoms with E-state index in [2.05, 4.69) is 29.4 Å². The van der Waals surface area contributed by atoms with Gasteiger partial charge in [-0.1, -0.05) is 13.8 Å². The second kappa shape index (κ2) is 4.61. The molecule has 1 fully saturated rings. The highest BCUT2D eigenvalue weighted by Gasteiger charge is 2.49. The number of aromatic nitrogens is 2. The van der Waals surface area contributed by atoms with Gasteiger partial charge in [0.1, 0.15) is 5.82 Å². The van der Waals surface area contributed by atoms with Crippen molar-refractivity contribution in [3.05, 3.63) is 17.8 Å². The van der Waals surface area contributed by atoms with Crippen molar-refractivity contribution in [2.75, 3.05) is 11.9 Å². The first-order valence-corrected chi connectivity index (χ1v) is 6.21. The molecule has 0 aromatic carbocycles. The minimum absolute atomic E-state index is 0.154. The van der Waals surface area contributed by atoms with Gasteiger partial charge in [-0.05, 0) is 31.9 Å². The molecule has 0 bridgehead atoms. The summed E-state index contributed by atoms with van der Waals surface area (Å²) >= 11 is 0. The van der Waals surface area contributed by atoms with E-state index in [1.807, 2.05) is 19.9 Å². The Hall–Kier alpha value is -1.16. The zero-order valence-corrected chi connectivity index (χ0v) is 11.0. The van der Waals surface area contributed by atoms with Crippen LogP contribution in [0, 0.1) is 12.3 Å². The molecule has 1 N–H and O–H groups in total. The van der Waals surface area contributed by atoms with Gasteiger partial charge < -0.3 is 10.1 Å². The number of hydrogen-bond donors (Lipinski definition) is 1. The molecule has 2 atom stereocenters. The normalized spacial score (nSPS) is 26.4. The fourth-order valence-corrected chi connectivity index (χ4v) is 2.33. The third-order valence-corrected chi connectivity index (χ3v) is 3.66. The standard InChI is InChI=1S/C13H21N3O/c1-5-17-11-7-10(13(11,3)4)15-12-6-9(2)8-14-16-12/h6,8,10-11H,5,7H2,1-4H3,(H,15,16). The van der Waals surface area contributed by atoms with Gasteiger partial charge >= 0.3 is 0 Å². The van der Waals surface area contributed by atoms with E-state index in [1.54, 1.807) is 6.20 Å². The molecule has 1 saturated carbocycles. The number of anilines is 1. The SMILES string of the molecule is CCOC1CC(Nc2cc(C)cnn2)C1(C)C. The zero-order chi connectivity index (χ0) is 12.5. The Morgan fingerprint density at radius 2 is 2.29 bits per heavy atom. The number of hydrogen-bond acceptors (Lipinski definition) is 4. The molecule has 1 aliphatic rings. The zero-order valence-electron chi connectivity index (χ0n) is 11.0. The Kier molecular flexibility index (Phi) is 3.33. The molecule has 2 unspecified atom stereocenters. The van der Waals surface area contributed by atoms with E-state index in [-0.39, 0.29) is 5.41 Å². The maximum atomic E-state index is 5.71. The van der Waals surface area contributed by atoms with Gasteiger partial charge in [0.15, 0.2) is 0 Å². The van der Waals surface area contributed by atoms with E-state index in [0.717, 1.165) is 24.4 Å². The maximum Gasteiger partial charge on any atom is 0.149 e. The van der Waals surface area contributed by atoms with E-state index in [9.17, 15) is 0 Å². The van der Waals surface area contributed by atoms with Crippen molar-refractivity contribution in [1.82, 2.24) is 10.2 Å². The van der Waals surface area contributed by atoms with Gasteiger partial charge in [-0.3, -0.25) is 0 Å². The van der Waals surface area contributed by atoms with Crippen LogP contribution in [-0.2, 0) is 4.74 Å². The smallest absolute Gasteiger partial charge is 0.149 e. The van der Waals surface area contributed by atoms with E-state index >= 15 is 0 Å². The molecular formula is C13H21N3O. The summed E-state index contributed by atoms with van der Waals surface area (Å²) < 4.78 is 5.71. The van der Waals surface area contributed by atoms with Crippen molar-refractivity contribution < 1.29 is 4.74 Å². The molecule has 94 valence electrons. The molecule has 1 aliphatic carbocycles. The molecule has 1 aromatic heterocycles. The van der Waals surface area contributed by atoms with Crippen LogP contribution in [0.4, 0.5) is 5.82 Å². The molecule has 0 aliphatic heterocycles. The summed E-state index contributed by atoms with van der Waals surface area (Å²) in [6.07, 6.45) is 3.15. The van der Waals surface area contributed by atoms with Crippen LogP contribution in [0.25, 0.3) is 0 Å². The van der Waals surface area contributed by atoms with Crippen molar-refractivity contribution in [2.24, 2.45) is 5.41 Å². The van der Waals surface area contributed by atoms with E-state index in [1.165, 1.54) is 0 Å². The summed E-state index contributed by atoms with van der Waals surface area (Å²) in [7, 11) is 0. The van der Waals surface area contributed by atoms with Crippen LogP contribution >= 0.6 is 0 Å². The van der Waals surface area contributed by atoms with Crippen molar-refractivity contribution in [3.8, 4) is 0 Å². The molecule has 0 spiro atoms. The first-order chi connectivity index (χ1) is 8.04. The van der Waals surface area contributed by atoms with E-state index in [0.29, 0.717) is 12.1 Å². The average molecular weight is 235 g/mol. The Morgan fingerprint density at radius 3 is 2.88 bits per heavy atom. The van der Waals surface area contributed by atoms with Crippen LogP contribution in [0.1, 0.15) is 32.8 Å². The predicted molar refractivity (Wildman–Crippen MR) is 68.0 cm³/mol. The topological polar surface area (TPSA) is 47.0 Å². The molecule has 4 nitrogen and oxygen atoms in total. The fraction of sp³-hybridized carbons (Fsp3) is 0.692. The van der Waals surface area contributed by atoms with Crippen LogP contribution in [-0.4, -0.2) is 29.0 Å². The lowest BCUT2D eigenvalue weighted by atomic mass is 9.64. The molecule has 1 heterocycles. The van der Waals surface area contributed by atoms with Gasteiger partial charge in [-0.25, -0.2) is 0 Å². The van der Waals surface area contributed by atoms with Crippen LogP contribution in [0.5, 0.6) is 0 Å². The Bertz CT molecular complexity index is 392. The summed E-state index contributed by atoms with van der Waals surface area (Å²) in [6.45, 7) is 9.32. The lowest BCUT2D eigenvalue weighted by Gasteiger charge is -2.51. The quantitative estimate of drug-likeness (QED) is 0.870. The third kappa shape index (κ3) is 2.41. The lowest BCUT2D eigenvalue weighted by molar-refractivity contribution is -0.0976. The van der Waals surface area contributed by atoms with Gasteiger partial charge in [0, 0.05) is 18.1 Å². The van der Waals surface area contributed by atoms with Crippen molar-refractivity contribution in [2.45, 2.75) is 46.3 Å². The minimum Gasteiger partial charge on any atom is -0.378 e. The van der Waals surface area contributed by atoms with E-state index in [4.69, 9.17) is 4.74 Å². The van der Waals surface area contributed by atoms with E-state index < -0.39 is 0 Å². The predicted octanol–water partition coefficient (Wildman–Crippen LogP) is 2.40. The number of aryl methyl sites for hydroxylation is 1. The van der Waals surface area contributed by atoms with Crippen molar-refractivity contribution >= 4 is 5.82 Å². The first kappa shape index (κ1) is 12.3. The highest BCUT2D eigenvalue weighted by molar-refractivity contribution is 5.38. The van der Waals surface area contributed by atoms with Crippen LogP contribution in [0.3, 0.4) is 0 Å². The summed E-state index contributed by atoms with van der Waals surface area (Å²) in [5.41, 5.74) is 1.28. The molecular weight excluding hydrogens is 214 g/mol. The Labute approximate surface area is 103 Å². The molecule has 17 heavy (non-hydrogen) atoms. The summed E-state index contributed by atoms with van der Waals surface area (Å²) in [5, 5.41) is 11.5. The number of nitrogens with zero attached hydrogens (tertiary/aromatic N) is 2. The minimum atomic E-state index is 0.154. The average Bonchev–Trinajstić information content (AvgIpc) is 2.28. The van der Waals surface area contributed by atoms with Crippen LogP contribution < -0.4 is 5.32 Å². The maximum absolute atomic E-state index is 5.71. The summed E-state index contributed by atoms with van der Waals surface area (Å²) in [5.74, 6) is 0.859. The lowest BCUT2D eigenvalue weighted by Crippen LogP contribution is -2.58. The highest BCUT2D eigenvalue weighted by Crippen LogP contribution is 2.44. The van der Waals surface area contributed by atoms with Gasteiger partial charge in [0.25, 0.3) is 0 Å². The summed E-state index contributed by atoms with van der Waals surface area (Å²) in [4.78, 5) is 0. The number of nitrogens with one attached hydrogen (secondary N) is 1. The molecule has 4 heteroatoms. The second-order valence-electron chi connectivity index (χ2n) is 5.32. The molecule has 2 rings (SSSR count). The highest BCUT2D eigenvalue weighted by atomic mass is 16.5. The van der Waals surface area contributed by atoms with Gasteiger partial charge in [0.2, 0.25) is 0 Å². The van der Waals surface area contributed by atoms with Crippen molar-refractivity contribution in [1.29, 1.82) is 0 Å².